The fourth-order valence-corrected chi connectivity index (χ4v) is 5.95. The van der Waals surface area contributed by atoms with Crippen LogP contribution in [0.4, 0.5) is 0 Å². The second-order valence-electron chi connectivity index (χ2n) is 13.2. The average Bonchev–Trinajstić information content (AvgIpc) is 2.87. The molecule has 0 spiro atoms. The third-order valence-electron chi connectivity index (χ3n) is 8.63. The molecule has 39 heavy (non-hydrogen) atoms. The number of aliphatic carboxylic acids is 1. The molecule has 1 saturated carbocycles. The monoisotopic (exact) mass is 551 g/mol. The first-order valence-electron chi connectivity index (χ1n) is 15.5. The summed E-state index contributed by atoms with van der Waals surface area (Å²) >= 11 is 0. The van der Waals surface area contributed by atoms with E-state index in [4.69, 9.17) is 9.47 Å². The van der Waals surface area contributed by atoms with E-state index in [1.807, 2.05) is 20.8 Å². The summed E-state index contributed by atoms with van der Waals surface area (Å²) < 4.78 is 11.6. The smallest absolute Gasteiger partial charge is 0.249 e. The van der Waals surface area contributed by atoms with Crippen LogP contribution in [0.3, 0.4) is 0 Å². The summed E-state index contributed by atoms with van der Waals surface area (Å²) in [5, 5.41) is 18.4. The SMILES string of the molecule is CCCCCCCCCCC(C)C(=O)NC1(C(CNC(=O)C2OC(C)(C)OCC2(C)C)C(=O)[O-])CCCCC1. The Morgan fingerprint density at radius 3 is 2.10 bits per heavy atom. The Hall–Kier alpha value is -1.67. The summed E-state index contributed by atoms with van der Waals surface area (Å²) in [4.78, 5) is 38.9. The molecule has 2 fully saturated rings. The zero-order valence-electron chi connectivity index (χ0n) is 25.5. The molecule has 226 valence electrons. The van der Waals surface area contributed by atoms with Gasteiger partial charge in [-0.15, -0.1) is 0 Å². The van der Waals surface area contributed by atoms with E-state index in [9.17, 15) is 19.5 Å². The van der Waals surface area contributed by atoms with Crippen LogP contribution in [-0.4, -0.2) is 48.4 Å². The van der Waals surface area contributed by atoms with Gasteiger partial charge >= 0.3 is 0 Å². The number of carboxylic acids is 1. The molecule has 8 nitrogen and oxygen atoms in total. The molecule has 8 heteroatoms. The van der Waals surface area contributed by atoms with Gasteiger partial charge in [0.15, 0.2) is 5.79 Å². The van der Waals surface area contributed by atoms with Crippen molar-refractivity contribution in [2.75, 3.05) is 13.2 Å². The Labute approximate surface area is 236 Å². The van der Waals surface area contributed by atoms with E-state index in [0.29, 0.717) is 19.4 Å². The topological polar surface area (TPSA) is 117 Å². The summed E-state index contributed by atoms with van der Waals surface area (Å²) in [5.41, 5.74) is -1.50. The molecule has 2 aliphatic rings. The zero-order valence-corrected chi connectivity index (χ0v) is 25.5. The molecule has 1 aliphatic carbocycles. The van der Waals surface area contributed by atoms with Gasteiger partial charge in [-0.3, -0.25) is 9.59 Å². The second-order valence-corrected chi connectivity index (χ2v) is 13.2. The number of ether oxygens (including phenoxy) is 2. The van der Waals surface area contributed by atoms with Crippen LogP contribution < -0.4 is 15.7 Å². The van der Waals surface area contributed by atoms with Gasteiger partial charge in [-0.2, -0.15) is 0 Å². The highest BCUT2D eigenvalue weighted by Gasteiger charge is 2.47. The molecule has 1 saturated heterocycles. The largest absolute Gasteiger partial charge is 0.550 e. The fourth-order valence-electron chi connectivity index (χ4n) is 5.95. The van der Waals surface area contributed by atoms with E-state index in [2.05, 4.69) is 17.6 Å². The molecule has 1 aliphatic heterocycles. The molecule has 0 bridgehead atoms. The number of amides is 2. The standard InChI is InChI=1S/C31H56N2O6/c1-7-8-9-10-11-12-13-15-18-23(2)26(34)33-31(19-16-14-17-20-31)24(28(36)37)21-32-27(35)25-29(3,4)22-38-30(5,6)39-25/h23-25H,7-22H2,1-6H3,(H,32,35)(H,33,34)(H,36,37)/p-1. The molecule has 0 aromatic rings. The summed E-state index contributed by atoms with van der Waals surface area (Å²) in [5.74, 6) is -3.86. The van der Waals surface area contributed by atoms with Crippen LogP contribution in [0.15, 0.2) is 0 Å². The highest BCUT2D eigenvalue weighted by atomic mass is 16.7. The fraction of sp³-hybridized carbons (Fsp3) is 0.903. The van der Waals surface area contributed by atoms with Crippen molar-refractivity contribution in [3.8, 4) is 0 Å². The number of carbonyl (C=O) groups excluding carboxylic acids is 3. The summed E-state index contributed by atoms with van der Waals surface area (Å²) in [6.07, 6.45) is 13.5. The van der Waals surface area contributed by atoms with Crippen molar-refractivity contribution in [3.05, 3.63) is 0 Å². The first kappa shape index (κ1) is 33.5. The Kier molecular flexibility index (Phi) is 13.2. The van der Waals surface area contributed by atoms with Crippen LogP contribution in [0.2, 0.25) is 0 Å². The maximum absolute atomic E-state index is 13.3. The number of carbonyl (C=O) groups is 3. The van der Waals surface area contributed by atoms with Crippen LogP contribution in [0.1, 0.15) is 131 Å². The predicted molar refractivity (Wildman–Crippen MR) is 151 cm³/mol. The molecular formula is C31H55N2O6-. The zero-order chi connectivity index (χ0) is 29.1. The lowest BCUT2D eigenvalue weighted by Gasteiger charge is -2.46. The van der Waals surface area contributed by atoms with E-state index < -0.39 is 34.7 Å². The average molecular weight is 552 g/mol. The molecule has 0 aromatic heterocycles. The van der Waals surface area contributed by atoms with Crippen molar-refractivity contribution in [1.29, 1.82) is 0 Å². The lowest BCUT2D eigenvalue weighted by Crippen LogP contribution is -2.64. The Morgan fingerprint density at radius 2 is 1.51 bits per heavy atom. The van der Waals surface area contributed by atoms with Gasteiger partial charge in [-0.1, -0.05) is 98.3 Å². The van der Waals surface area contributed by atoms with Gasteiger partial charge in [0.2, 0.25) is 11.8 Å². The van der Waals surface area contributed by atoms with Crippen LogP contribution >= 0.6 is 0 Å². The van der Waals surface area contributed by atoms with E-state index in [1.165, 1.54) is 38.5 Å². The van der Waals surface area contributed by atoms with Gasteiger partial charge in [0, 0.05) is 35.3 Å². The predicted octanol–water partition coefficient (Wildman–Crippen LogP) is 4.63. The minimum Gasteiger partial charge on any atom is -0.550 e. The van der Waals surface area contributed by atoms with Gasteiger partial charge in [0.1, 0.15) is 6.10 Å². The van der Waals surface area contributed by atoms with Crippen molar-refractivity contribution in [2.24, 2.45) is 17.3 Å². The molecule has 0 aromatic carbocycles. The number of unbranched alkanes of at least 4 members (excludes halogenated alkanes) is 7. The molecule has 3 unspecified atom stereocenters. The Bertz CT molecular complexity index is 790. The molecule has 2 rings (SSSR count). The van der Waals surface area contributed by atoms with Crippen molar-refractivity contribution >= 4 is 17.8 Å². The van der Waals surface area contributed by atoms with Crippen molar-refractivity contribution in [2.45, 2.75) is 149 Å². The maximum atomic E-state index is 13.3. The van der Waals surface area contributed by atoms with E-state index in [1.54, 1.807) is 13.8 Å². The van der Waals surface area contributed by atoms with Crippen LogP contribution in [0, 0.1) is 17.3 Å². The first-order chi connectivity index (χ1) is 18.3. The molecule has 2 N–H and O–H groups in total. The number of hydrogen-bond acceptors (Lipinski definition) is 6. The molecular weight excluding hydrogens is 496 g/mol. The minimum atomic E-state index is -1.25. The highest BCUT2D eigenvalue weighted by molar-refractivity contribution is 5.83. The Morgan fingerprint density at radius 1 is 0.923 bits per heavy atom. The lowest BCUT2D eigenvalue weighted by molar-refractivity contribution is -0.314. The van der Waals surface area contributed by atoms with Gasteiger partial charge in [0.25, 0.3) is 0 Å². The van der Waals surface area contributed by atoms with Gasteiger partial charge in [-0.25, -0.2) is 0 Å². The summed E-state index contributed by atoms with van der Waals surface area (Å²) in [6, 6.07) is 0. The van der Waals surface area contributed by atoms with Crippen LogP contribution in [0.5, 0.6) is 0 Å². The van der Waals surface area contributed by atoms with Gasteiger partial charge in [0.05, 0.1) is 6.61 Å². The second kappa shape index (κ2) is 15.4. The minimum absolute atomic E-state index is 0.104. The van der Waals surface area contributed by atoms with E-state index in [0.717, 1.165) is 38.5 Å². The molecule has 0 radical (unpaired) electrons. The quantitative estimate of drug-likeness (QED) is 0.270. The van der Waals surface area contributed by atoms with Crippen molar-refractivity contribution in [3.63, 3.8) is 0 Å². The van der Waals surface area contributed by atoms with Gasteiger partial charge in [-0.05, 0) is 33.1 Å². The summed E-state index contributed by atoms with van der Waals surface area (Å²) in [7, 11) is 0. The van der Waals surface area contributed by atoms with Gasteiger partial charge < -0.3 is 30.0 Å². The van der Waals surface area contributed by atoms with Crippen LogP contribution in [0.25, 0.3) is 0 Å². The lowest BCUT2D eigenvalue weighted by atomic mass is 9.72. The number of rotatable bonds is 16. The first-order valence-corrected chi connectivity index (χ1v) is 15.5. The number of hydrogen-bond donors (Lipinski definition) is 2. The highest BCUT2D eigenvalue weighted by Crippen LogP contribution is 2.37. The molecule has 3 atom stereocenters. The normalized spacial score (nSPS) is 23.4. The Balaban J connectivity index is 1.98. The number of nitrogens with one attached hydrogen (secondary N) is 2. The third-order valence-corrected chi connectivity index (χ3v) is 8.63. The maximum Gasteiger partial charge on any atom is 0.249 e. The molecule has 2 amide bonds. The van der Waals surface area contributed by atoms with Crippen molar-refractivity contribution in [1.82, 2.24) is 10.6 Å². The third kappa shape index (κ3) is 10.3. The number of carboxylic acid groups (broad SMARTS) is 1. The van der Waals surface area contributed by atoms with Crippen molar-refractivity contribution < 1.29 is 29.0 Å². The molecule has 1 heterocycles. The van der Waals surface area contributed by atoms with E-state index in [-0.39, 0.29) is 24.3 Å². The summed E-state index contributed by atoms with van der Waals surface area (Å²) in [6.45, 7) is 11.7. The van der Waals surface area contributed by atoms with E-state index >= 15 is 0 Å². The van der Waals surface area contributed by atoms with Crippen LogP contribution in [-0.2, 0) is 23.9 Å².